The first-order chi connectivity index (χ1) is 6.18. The fraction of sp³-hybridized carbons (Fsp3) is 0.500. The van der Waals surface area contributed by atoms with Crippen LogP contribution in [0.1, 0.15) is 13.3 Å². The maximum atomic E-state index is 10.4. The monoisotopic (exact) mass is 182 g/mol. The Labute approximate surface area is 77.7 Å². The van der Waals surface area contributed by atoms with E-state index in [0.29, 0.717) is 6.42 Å². The van der Waals surface area contributed by atoms with Crippen molar-refractivity contribution in [3.63, 3.8) is 0 Å². The average molecular weight is 182 g/mol. The van der Waals surface area contributed by atoms with Gasteiger partial charge in [0.2, 0.25) is 0 Å². The second kappa shape index (κ2) is 4.82. The van der Waals surface area contributed by atoms with Gasteiger partial charge in [0.1, 0.15) is 6.61 Å². The predicted octanol–water partition coefficient (Wildman–Crippen LogP) is 1.04. The minimum absolute atomic E-state index is 0.0908. The first-order valence-corrected chi connectivity index (χ1v) is 4.35. The van der Waals surface area contributed by atoms with E-state index in [9.17, 15) is 9.90 Å². The molecule has 0 saturated heterocycles. The van der Waals surface area contributed by atoms with Crippen LogP contribution in [0.3, 0.4) is 0 Å². The molecule has 0 radical (unpaired) electrons. The SMILES string of the molecule is CC(=O)OC[C@H](O)CC1C=CC=C1. The van der Waals surface area contributed by atoms with E-state index in [1.807, 2.05) is 24.3 Å². The fourth-order valence-electron chi connectivity index (χ4n) is 1.23. The molecule has 0 saturated carbocycles. The zero-order valence-electron chi connectivity index (χ0n) is 7.64. The minimum atomic E-state index is -0.568. The molecule has 1 aliphatic carbocycles. The Morgan fingerprint density at radius 3 is 2.69 bits per heavy atom. The van der Waals surface area contributed by atoms with Gasteiger partial charge in [-0.05, 0) is 12.3 Å². The zero-order chi connectivity index (χ0) is 9.68. The highest BCUT2D eigenvalue weighted by Gasteiger charge is 2.12. The number of ether oxygens (including phenoxy) is 1. The van der Waals surface area contributed by atoms with Crippen LogP contribution < -0.4 is 0 Å². The van der Waals surface area contributed by atoms with Crippen molar-refractivity contribution >= 4 is 5.97 Å². The van der Waals surface area contributed by atoms with Crippen molar-refractivity contribution in [1.29, 1.82) is 0 Å². The molecular formula is C10H14O3. The van der Waals surface area contributed by atoms with Crippen LogP contribution in [0.15, 0.2) is 24.3 Å². The van der Waals surface area contributed by atoms with E-state index in [1.54, 1.807) is 0 Å². The van der Waals surface area contributed by atoms with Crippen LogP contribution in [0.5, 0.6) is 0 Å². The Morgan fingerprint density at radius 2 is 2.15 bits per heavy atom. The molecule has 0 fully saturated rings. The van der Waals surface area contributed by atoms with Gasteiger partial charge in [0, 0.05) is 6.92 Å². The summed E-state index contributed by atoms with van der Waals surface area (Å²) < 4.78 is 4.68. The number of aliphatic hydroxyl groups is 1. The molecule has 72 valence electrons. The van der Waals surface area contributed by atoms with Crippen molar-refractivity contribution in [2.24, 2.45) is 5.92 Å². The van der Waals surface area contributed by atoms with Gasteiger partial charge in [0.15, 0.2) is 0 Å². The highest BCUT2D eigenvalue weighted by Crippen LogP contribution is 2.15. The van der Waals surface area contributed by atoms with Gasteiger partial charge in [-0.2, -0.15) is 0 Å². The number of allylic oxidation sites excluding steroid dienone is 4. The van der Waals surface area contributed by atoms with Crippen LogP contribution in [-0.4, -0.2) is 23.8 Å². The number of esters is 1. The quantitative estimate of drug-likeness (QED) is 0.661. The summed E-state index contributed by atoms with van der Waals surface area (Å²) in [5, 5.41) is 9.41. The lowest BCUT2D eigenvalue weighted by atomic mass is 10.0. The number of hydrogen-bond acceptors (Lipinski definition) is 3. The summed E-state index contributed by atoms with van der Waals surface area (Å²) >= 11 is 0. The van der Waals surface area contributed by atoms with Gasteiger partial charge in [0.05, 0.1) is 6.10 Å². The van der Waals surface area contributed by atoms with Gasteiger partial charge in [-0.1, -0.05) is 24.3 Å². The lowest BCUT2D eigenvalue weighted by Crippen LogP contribution is -2.19. The van der Waals surface area contributed by atoms with Crippen LogP contribution in [-0.2, 0) is 9.53 Å². The Balaban J connectivity index is 2.17. The van der Waals surface area contributed by atoms with E-state index in [1.165, 1.54) is 6.92 Å². The molecule has 0 aromatic rings. The van der Waals surface area contributed by atoms with E-state index >= 15 is 0 Å². The third-order valence-electron chi connectivity index (χ3n) is 1.85. The molecule has 3 heteroatoms. The Kier molecular flexibility index (Phi) is 3.71. The standard InChI is InChI=1S/C10H14O3/c1-8(11)13-7-10(12)6-9-4-2-3-5-9/h2-5,9-10,12H,6-7H2,1H3/t10-/m1/s1. The Hall–Kier alpha value is -1.09. The molecule has 0 unspecified atom stereocenters. The molecule has 1 N–H and O–H groups in total. The van der Waals surface area contributed by atoms with Crippen LogP contribution >= 0.6 is 0 Å². The van der Waals surface area contributed by atoms with Gasteiger partial charge in [-0.25, -0.2) is 0 Å². The molecule has 1 rings (SSSR count). The molecule has 1 atom stereocenters. The largest absolute Gasteiger partial charge is 0.463 e. The summed E-state index contributed by atoms with van der Waals surface area (Å²) in [6.07, 6.45) is 7.96. The van der Waals surface area contributed by atoms with Crippen LogP contribution in [0.4, 0.5) is 0 Å². The molecule has 0 amide bonds. The highest BCUT2D eigenvalue weighted by molar-refractivity contribution is 5.65. The topological polar surface area (TPSA) is 46.5 Å². The molecule has 1 aliphatic rings. The first kappa shape index (κ1) is 9.99. The van der Waals surface area contributed by atoms with E-state index in [2.05, 4.69) is 4.74 Å². The van der Waals surface area contributed by atoms with Gasteiger partial charge in [0.25, 0.3) is 0 Å². The first-order valence-electron chi connectivity index (χ1n) is 4.35. The Bertz CT molecular complexity index is 218. The summed E-state index contributed by atoms with van der Waals surface area (Å²) in [6.45, 7) is 1.43. The third-order valence-corrected chi connectivity index (χ3v) is 1.85. The smallest absolute Gasteiger partial charge is 0.302 e. The van der Waals surface area contributed by atoms with E-state index in [0.717, 1.165) is 0 Å². The van der Waals surface area contributed by atoms with Crippen molar-refractivity contribution in [2.45, 2.75) is 19.4 Å². The van der Waals surface area contributed by atoms with Gasteiger partial charge < -0.3 is 9.84 Å². The van der Waals surface area contributed by atoms with Crippen molar-refractivity contribution in [1.82, 2.24) is 0 Å². The molecule has 0 spiro atoms. The van der Waals surface area contributed by atoms with Gasteiger partial charge in [-0.15, -0.1) is 0 Å². The molecule has 13 heavy (non-hydrogen) atoms. The molecule has 0 bridgehead atoms. The van der Waals surface area contributed by atoms with E-state index < -0.39 is 6.10 Å². The van der Waals surface area contributed by atoms with Crippen LogP contribution in [0, 0.1) is 5.92 Å². The molecule has 0 aliphatic heterocycles. The molecular weight excluding hydrogens is 168 g/mol. The summed E-state index contributed by atoms with van der Waals surface area (Å²) in [5.41, 5.74) is 0. The second-order valence-electron chi connectivity index (χ2n) is 3.13. The number of carbonyl (C=O) groups is 1. The number of rotatable bonds is 4. The van der Waals surface area contributed by atoms with Gasteiger partial charge >= 0.3 is 5.97 Å². The zero-order valence-corrected chi connectivity index (χ0v) is 7.64. The number of hydrogen-bond donors (Lipinski definition) is 1. The van der Waals surface area contributed by atoms with Crippen molar-refractivity contribution in [3.05, 3.63) is 24.3 Å². The molecule has 3 nitrogen and oxygen atoms in total. The molecule has 0 heterocycles. The van der Waals surface area contributed by atoms with Crippen molar-refractivity contribution in [2.75, 3.05) is 6.61 Å². The summed E-state index contributed by atoms with van der Waals surface area (Å²) in [7, 11) is 0. The van der Waals surface area contributed by atoms with E-state index in [-0.39, 0.29) is 18.5 Å². The highest BCUT2D eigenvalue weighted by atomic mass is 16.5. The summed E-state index contributed by atoms with van der Waals surface area (Å²) in [5.74, 6) is -0.0675. The molecule has 0 aromatic heterocycles. The summed E-state index contributed by atoms with van der Waals surface area (Å²) in [4.78, 5) is 10.4. The average Bonchev–Trinajstić information content (AvgIpc) is 2.53. The lowest BCUT2D eigenvalue weighted by molar-refractivity contribution is -0.144. The maximum absolute atomic E-state index is 10.4. The van der Waals surface area contributed by atoms with Crippen LogP contribution in [0.2, 0.25) is 0 Å². The maximum Gasteiger partial charge on any atom is 0.302 e. The lowest BCUT2D eigenvalue weighted by Gasteiger charge is -2.12. The number of aliphatic hydroxyl groups excluding tert-OH is 1. The van der Waals surface area contributed by atoms with Crippen LogP contribution in [0.25, 0.3) is 0 Å². The normalized spacial score (nSPS) is 17.7. The fourth-order valence-corrected chi connectivity index (χ4v) is 1.23. The molecule has 0 aromatic carbocycles. The minimum Gasteiger partial charge on any atom is -0.463 e. The Morgan fingerprint density at radius 1 is 1.54 bits per heavy atom. The second-order valence-corrected chi connectivity index (χ2v) is 3.13. The predicted molar refractivity (Wildman–Crippen MR) is 49.0 cm³/mol. The number of carbonyl (C=O) groups excluding carboxylic acids is 1. The van der Waals surface area contributed by atoms with E-state index in [4.69, 9.17) is 0 Å². The van der Waals surface area contributed by atoms with Gasteiger partial charge in [-0.3, -0.25) is 4.79 Å². The van der Waals surface area contributed by atoms with Crippen molar-refractivity contribution in [3.8, 4) is 0 Å². The third kappa shape index (κ3) is 3.90. The van der Waals surface area contributed by atoms with Crippen molar-refractivity contribution < 1.29 is 14.6 Å². The summed E-state index contributed by atoms with van der Waals surface area (Å²) in [6, 6.07) is 0.